The van der Waals surface area contributed by atoms with Crippen molar-refractivity contribution in [3.05, 3.63) is 35.9 Å². The summed E-state index contributed by atoms with van der Waals surface area (Å²) >= 11 is 0. The molecule has 0 aliphatic heterocycles. The lowest BCUT2D eigenvalue weighted by molar-refractivity contribution is -0.208. The maximum atomic E-state index is 10.6. The number of halogens is 3. The van der Waals surface area contributed by atoms with Crippen LogP contribution in [-0.2, 0) is 11.3 Å². The van der Waals surface area contributed by atoms with Crippen molar-refractivity contribution in [2.75, 3.05) is 6.67 Å². The first-order valence-corrected chi connectivity index (χ1v) is 4.47. The normalized spacial score (nSPS) is 10.1. The molecule has 0 spiro atoms. The molecule has 1 aromatic rings. The van der Waals surface area contributed by atoms with Gasteiger partial charge in [0.15, 0.2) is 6.67 Å². The molecule has 0 heterocycles. The van der Waals surface area contributed by atoms with Crippen LogP contribution in [0.2, 0.25) is 0 Å². The Morgan fingerprint density at radius 3 is 2.18 bits per heavy atom. The molecule has 1 aromatic carbocycles. The van der Waals surface area contributed by atoms with E-state index in [4.69, 9.17) is 10.8 Å². The van der Waals surface area contributed by atoms with Crippen molar-refractivity contribution in [3.63, 3.8) is 0 Å². The summed E-state index contributed by atoms with van der Waals surface area (Å²) in [5.41, 5.74) is 5.72. The summed E-state index contributed by atoms with van der Waals surface area (Å²) in [7, 11) is 0. The first-order valence-electron chi connectivity index (χ1n) is 4.47. The standard InChI is InChI=1S/C8H9NO2.C2H3F3O/c9-8(10)11-6-7-4-2-1-3-5-7;3-1-2(4,5)6/h1-5H,6H2,(H2,9,10);6H,1H2. The topological polar surface area (TPSA) is 72.6 Å². The van der Waals surface area contributed by atoms with Gasteiger partial charge in [-0.05, 0) is 5.56 Å². The van der Waals surface area contributed by atoms with E-state index in [0.717, 1.165) is 5.56 Å². The average Bonchev–Trinajstić information content (AvgIpc) is 2.28. The molecule has 4 nitrogen and oxygen atoms in total. The molecule has 0 aliphatic carbocycles. The van der Waals surface area contributed by atoms with Crippen LogP contribution >= 0.6 is 0 Å². The van der Waals surface area contributed by atoms with Crippen molar-refractivity contribution in [3.8, 4) is 0 Å². The number of aliphatic hydroxyl groups is 1. The highest BCUT2D eigenvalue weighted by Crippen LogP contribution is 2.06. The third-order valence-electron chi connectivity index (χ3n) is 1.38. The summed E-state index contributed by atoms with van der Waals surface area (Å²) in [5.74, 6) is 0. The fourth-order valence-electron chi connectivity index (χ4n) is 0.729. The molecule has 3 N–H and O–H groups in total. The van der Waals surface area contributed by atoms with E-state index in [0.29, 0.717) is 0 Å². The van der Waals surface area contributed by atoms with Gasteiger partial charge < -0.3 is 15.6 Å². The minimum atomic E-state index is -4.12. The van der Waals surface area contributed by atoms with E-state index in [9.17, 15) is 18.0 Å². The Bertz CT molecular complexity index is 327. The number of amides is 1. The van der Waals surface area contributed by atoms with E-state index in [1.54, 1.807) is 0 Å². The van der Waals surface area contributed by atoms with Crippen LogP contribution in [-0.4, -0.2) is 24.0 Å². The molecule has 0 radical (unpaired) electrons. The van der Waals surface area contributed by atoms with Crippen LogP contribution in [0, 0.1) is 0 Å². The van der Waals surface area contributed by atoms with Crippen LogP contribution in [0.3, 0.4) is 0 Å². The third kappa shape index (κ3) is 10.5. The van der Waals surface area contributed by atoms with Gasteiger partial charge in [-0.15, -0.1) is 0 Å². The van der Waals surface area contributed by atoms with E-state index >= 15 is 0 Å². The fraction of sp³-hybridized carbons (Fsp3) is 0.300. The number of carbonyl (C=O) groups is 1. The summed E-state index contributed by atoms with van der Waals surface area (Å²) in [6.07, 6.45) is -4.87. The van der Waals surface area contributed by atoms with E-state index in [1.807, 2.05) is 30.3 Å². The summed E-state index contributed by atoms with van der Waals surface area (Å²) in [4.78, 5) is 10.2. The highest BCUT2D eigenvalue weighted by atomic mass is 19.3. The number of alkyl halides is 3. The molecule has 96 valence electrons. The smallest absolute Gasteiger partial charge is 0.404 e. The van der Waals surface area contributed by atoms with Crippen LogP contribution in [0.5, 0.6) is 0 Å². The molecular formula is C10H12F3NO3. The Morgan fingerprint density at radius 1 is 1.35 bits per heavy atom. The molecule has 0 saturated heterocycles. The number of hydrogen-bond acceptors (Lipinski definition) is 3. The predicted molar refractivity (Wildman–Crippen MR) is 54.0 cm³/mol. The number of primary amides is 1. The molecule has 0 fully saturated rings. The van der Waals surface area contributed by atoms with Gasteiger partial charge in [-0.3, -0.25) is 0 Å². The Labute approximate surface area is 95.8 Å². The maximum absolute atomic E-state index is 10.6. The molecule has 7 heteroatoms. The SMILES string of the molecule is NC(=O)OCc1ccccc1.OC(F)(F)CF. The van der Waals surface area contributed by atoms with Gasteiger partial charge in [-0.1, -0.05) is 30.3 Å². The second-order valence-electron chi connectivity index (χ2n) is 2.89. The molecule has 1 rings (SSSR count). The fourth-order valence-corrected chi connectivity index (χ4v) is 0.729. The second-order valence-corrected chi connectivity index (χ2v) is 2.89. The van der Waals surface area contributed by atoms with E-state index in [2.05, 4.69) is 4.74 Å². The van der Waals surface area contributed by atoms with Gasteiger partial charge in [0.05, 0.1) is 0 Å². The number of carbonyl (C=O) groups excluding carboxylic acids is 1. The van der Waals surface area contributed by atoms with Gasteiger partial charge in [0.1, 0.15) is 6.61 Å². The zero-order valence-corrected chi connectivity index (χ0v) is 8.78. The zero-order valence-electron chi connectivity index (χ0n) is 8.78. The molecule has 0 bridgehead atoms. The van der Waals surface area contributed by atoms with Crippen LogP contribution < -0.4 is 5.73 Å². The number of ether oxygens (including phenoxy) is 1. The maximum Gasteiger partial charge on any atom is 0.404 e. The summed E-state index contributed by atoms with van der Waals surface area (Å²) in [5, 5.41) is 7.12. The highest BCUT2D eigenvalue weighted by molar-refractivity contribution is 5.64. The Morgan fingerprint density at radius 2 is 1.82 bits per heavy atom. The van der Waals surface area contributed by atoms with Crippen molar-refractivity contribution in [2.24, 2.45) is 5.73 Å². The zero-order chi connectivity index (χ0) is 13.3. The van der Waals surface area contributed by atoms with Gasteiger partial charge in [-0.2, -0.15) is 8.78 Å². The first-order chi connectivity index (χ1) is 7.85. The largest absolute Gasteiger partial charge is 0.445 e. The van der Waals surface area contributed by atoms with Gasteiger partial charge in [-0.25, -0.2) is 9.18 Å². The lowest BCUT2D eigenvalue weighted by Crippen LogP contribution is -2.15. The lowest BCUT2D eigenvalue weighted by atomic mass is 10.2. The van der Waals surface area contributed by atoms with Gasteiger partial charge in [0.2, 0.25) is 0 Å². The molecule has 0 aromatic heterocycles. The molecule has 0 aliphatic rings. The van der Waals surface area contributed by atoms with Crippen molar-refractivity contribution in [2.45, 2.75) is 12.7 Å². The highest BCUT2D eigenvalue weighted by Gasteiger charge is 2.22. The van der Waals surface area contributed by atoms with Crippen LogP contribution in [0.4, 0.5) is 18.0 Å². The Hall–Kier alpha value is -1.76. The van der Waals surface area contributed by atoms with Crippen molar-refractivity contribution < 1.29 is 27.8 Å². The predicted octanol–water partition coefficient (Wildman–Crippen LogP) is 1.82. The van der Waals surface area contributed by atoms with Crippen LogP contribution in [0.25, 0.3) is 0 Å². The van der Waals surface area contributed by atoms with E-state index < -0.39 is 18.9 Å². The molecule has 17 heavy (non-hydrogen) atoms. The molecular weight excluding hydrogens is 239 g/mol. The molecule has 1 amide bonds. The average molecular weight is 251 g/mol. The summed E-state index contributed by atoms with van der Waals surface area (Å²) in [6, 6.07) is 9.37. The number of hydrogen-bond donors (Lipinski definition) is 2. The summed E-state index contributed by atoms with van der Waals surface area (Å²) < 4.78 is 36.3. The second kappa shape index (κ2) is 7.50. The van der Waals surface area contributed by atoms with E-state index in [1.165, 1.54) is 0 Å². The molecule has 0 unspecified atom stereocenters. The quantitative estimate of drug-likeness (QED) is 0.860. The first kappa shape index (κ1) is 15.2. The Kier molecular flexibility index (Phi) is 6.73. The van der Waals surface area contributed by atoms with Crippen molar-refractivity contribution in [1.29, 1.82) is 0 Å². The van der Waals surface area contributed by atoms with Gasteiger partial charge in [0.25, 0.3) is 0 Å². The molecule has 0 saturated carbocycles. The molecule has 0 atom stereocenters. The lowest BCUT2D eigenvalue weighted by Gasteiger charge is -1.99. The van der Waals surface area contributed by atoms with Crippen LogP contribution in [0.15, 0.2) is 30.3 Å². The summed E-state index contributed by atoms with van der Waals surface area (Å²) in [6.45, 7) is -1.76. The minimum Gasteiger partial charge on any atom is -0.445 e. The number of benzene rings is 1. The van der Waals surface area contributed by atoms with Crippen LogP contribution in [0.1, 0.15) is 5.56 Å². The monoisotopic (exact) mass is 251 g/mol. The van der Waals surface area contributed by atoms with Gasteiger partial charge in [0, 0.05) is 0 Å². The van der Waals surface area contributed by atoms with Gasteiger partial charge >= 0.3 is 12.2 Å². The Balaban J connectivity index is 0.000000366. The van der Waals surface area contributed by atoms with Crippen molar-refractivity contribution >= 4 is 6.09 Å². The minimum absolute atomic E-state index is 0.246. The third-order valence-corrected chi connectivity index (χ3v) is 1.38. The number of nitrogens with two attached hydrogens (primary N) is 1. The van der Waals surface area contributed by atoms with E-state index in [-0.39, 0.29) is 6.61 Å². The van der Waals surface area contributed by atoms with Crippen molar-refractivity contribution in [1.82, 2.24) is 0 Å². The number of rotatable bonds is 3.